The fourth-order valence-corrected chi connectivity index (χ4v) is 3.75. The number of nitrogens with one attached hydrogen (secondary N) is 2. The Morgan fingerprint density at radius 3 is 2.93 bits per heavy atom. The summed E-state index contributed by atoms with van der Waals surface area (Å²) < 4.78 is 5.44. The monoisotopic (exact) mass is 379 g/mol. The molecule has 0 aromatic carbocycles. The minimum atomic E-state index is -0.0578. The number of carbonyl (C=O) groups is 1. The quantitative estimate of drug-likeness (QED) is 0.713. The molecule has 9 nitrogen and oxygen atoms in total. The van der Waals surface area contributed by atoms with E-state index in [1.54, 1.807) is 12.5 Å². The summed E-state index contributed by atoms with van der Waals surface area (Å²) in [5.41, 5.74) is 2.88. The average Bonchev–Trinajstić information content (AvgIpc) is 3.20. The van der Waals surface area contributed by atoms with Gasteiger partial charge in [0.1, 0.15) is 5.69 Å². The zero-order valence-electron chi connectivity index (χ0n) is 15.4. The molecule has 1 saturated heterocycles. The highest BCUT2D eigenvalue weighted by molar-refractivity contribution is 5.99. The van der Waals surface area contributed by atoms with E-state index >= 15 is 0 Å². The van der Waals surface area contributed by atoms with Crippen molar-refractivity contribution in [2.24, 2.45) is 5.92 Å². The van der Waals surface area contributed by atoms with E-state index in [2.05, 4.69) is 25.3 Å². The van der Waals surface area contributed by atoms with Crippen molar-refractivity contribution >= 4 is 28.7 Å². The molecule has 5 rings (SSSR count). The number of H-pyrrole nitrogens is 1. The Bertz CT molecular complexity index is 1010. The van der Waals surface area contributed by atoms with Gasteiger partial charge < -0.3 is 19.9 Å². The van der Waals surface area contributed by atoms with E-state index in [9.17, 15) is 4.79 Å². The van der Waals surface area contributed by atoms with Gasteiger partial charge in [0.25, 0.3) is 0 Å². The normalized spacial score (nSPS) is 17.6. The molecule has 9 heteroatoms. The molecule has 2 N–H and O–H groups in total. The van der Waals surface area contributed by atoms with Gasteiger partial charge >= 0.3 is 0 Å². The van der Waals surface area contributed by atoms with Crippen LogP contribution < -0.4 is 10.2 Å². The number of hydrogen-bond acceptors (Lipinski definition) is 7. The molecule has 0 bridgehead atoms. The van der Waals surface area contributed by atoms with Gasteiger partial charge in [-0.05, 0) is 37.3 Å². The predicted octanol–water partition coefficient (Wildman–Crippen LogP) is 1.99. The number of imidazole rings is 1. The van der Waals surface area contributed by atoms with Crippen LogP contribution >= 0.6 is 0 Å². The molecule has 2 aliphatic heterocycles. The van der Waals surface area contributed by atoms with Gasteiger partial charge in [-0.2, -0.15) is 0 Å². The minimum Gasteiger partial charge on any atom is -0.381 e. The highest BCUT2D eigenvalue weighted by Gasteiger charge is 2.26. The summed E-state index contributed by atoms with van der Waals surface area (Å²) >= 11 is 0. The molecule has 0 spiro atoms. The van der Waals surface area contributed by atoms with Crippen LogP contribution in [0.5, 0.6) is 0 Å². The lowest BCUT2D eigenvalue weighted by Crippen LogP contribution is -2.40. The van der Waals surface area contributed by atoms with Crippen LogP contribution in [0.3, 0.4) is 0 Å². The number of anilines is 2. The Morgan fingerprint density at radius 1 is 1.14 bits per heavy atom. The van der Waals surface area contributed by atoms with Gasteiger partial charge in [0, 0.05) is 19.8 Å². The van der Waals surface area contributed by atoms with Crippen molar-refractivity contribution in [2.75, 3.05) is 36.5 Å². The molecule has 3 aromatic heterocycles. The van der Waals surface area contributed by atoms with Crippen molar-refractivity contribution in [3.05, 3.63) is 24.7 Å². The number of carbonyl (C=O) groups excluding carboxylic acids is 1. The Labute approximate surface area is 161 Å². The van der Waals surface area contributed by atoms with E-state index in [1.165, 1.54) is 0 Å². The Balaban J connectivity index is 1.42. The zero-order chi connectivity index (χ0) is 18.9. The Morgan fingerprint density at radius 2 is 2.04 bits per heavy atom. The van der Waals surface area contributed by atoms with E-state index in [0.717, 1.165) is 44.5 Å². The summed E-state index contributed by atoms with van der Waals surface area (Å²) in [6.07, 6.45) is 6.42. The summed E-state index contributed by atoms with van der Waals surface area (Å²) in [5.74, 6) is 1.78. The lowest BCUT2D eigenvalue weighted by molar-refractivity contribution is -0.115. The first-order valence-corrected chi connectivity index (χ1v) is 9.56. The zero-order valence-corrected chi connectivity index (χ0v) is 15.4. The number of aromatic nitrogens is 5. The van der Waals surface area contributed by atoms with Gasteiger partial charge in [-0.3, -0.25) is 4.79 Å². The van der Waals surface area contributed by atoms with Crippen molar-refractivity contribution in [1.29, 1.82) is 0 Å². The van der Waals surface area contributed by atoms with Gasteiger partial charge in [0.05, 0.1) is 30.3 Å². The highest BCUT2D eigenvalue weighted by Crippen LogP contribution is 2.29. The molecule has 0 atom stereocenters. The number of rotatable bonds is 4. The van der Waals surface area contributed by atoms with Crippen molar-refractivity contribution < 1.29 is 9.53 Å². The smallest absolute Gasteiger partial charge is 0.245 e. The Hall–Kier alpha value is -3.07. The van der Waals surface area contributed by atoms with E-state index in [0.29, 0.717) is 41.1 Å². The molecule has 0 radical (unpaired) electrons. The first-order chi connectivity index (χ1) is 13.8. The lowest BCUT2D eigenvalue weighted by Gasteiger charge is -2.31. The second-order valence-corrected chi connectivity index (χ2v) is 7.21. The third-order valence-corrected chi connectivity index (χ3v) is 5.34. The number of amides is 1. The summed E-state index contributed by atoms with van der Waals surface area (Å²) in [4.78, 5) is 35.1. The van der Waals surface area contributed by atoms with Crippen LogP contribution in [0.25, 0.3) is 22.6 Å². The maximum absolute atomic E-state index is 12.1. The second kappa shape index (κ2) is 7.16. The van der Waals surface area contributed by atoms with Crippen LogP contribution in [0.15, 0.2) is 24.7 Å². The number of ether oxygens (including phenoxy) is 1. The van der Waals surface area contributed by atoms with Crippen LogP contribution in [-0.2, 0) is 9.53 Å². The van der Waals surface area contributed by atoms with Gasteiger partial charge in [-0.1, -0.05) is 0 Å². The third kappa shape index (κ3) is 3.29. The van der Waals surface area contributed by atoms with Gasteiger partial charge in [-0.15, -0.1) is 0 Å². The van der Waals surface area contributed by atoms with Crippen molar-refractivity contribution in [3.63, 3.8) is 0 Å². The number of pyridine rings is 1. The molecule has 5 heterocycles. The Kier molecular flexibility index (Phi) is 4.36. The largest absolute Gasteiger partial charge is 0.381 e. The van der Waals surface area contributed by atoms with Crippen LogP contribution in [0.2, 0.25) is 0 Å². The molecule has 0 saturated carbocycles. The van der Waals surface area contributed by atoms with E-state index in [4.69, 9.17) is 9.72 Å². The first kappa shape index (κ1) is 17.1. The SMILES string of the molecule is O=C1CN(CCC2CCOCC2)c2nc(-c3ccc4[nH]cnc4n3)cnc2N1. The van der Waals surface area contributed by atoms with Crippen LogP contribution in [-0.4, -0.2) is 57.1 Å². The molecular formula is C19H21N7O2. The molecular weight excluding hydrogens is 358 g/mol. The van der Waals surface area contributed by atoms with Gasteiger partial charge in [-0.25, -0.2) is 19.9 Å². The van der Waals surface area contributed by atoms with Crippen LogP contribution in [0.4, 0.5) is 11.6 Å². The third-order valence-electron chi connectivity index (χ3n) is 5.34. The maximum atomic E-state index is 12.1. The fraction of sp³-hybridized carbons (Fsp3) is 0.421. The van der Waals surface area contributed by atoms with Gasteiger partial charge in [0.2, 0.25) is 5.91 Å². The first-order valence-electron chi connectivity index (χ1n) is 9.56. The summed E-state index contributed by atoms with van der Waals surface area (Å²) in [6.45, 7) is 2.72. The standard InChI is InChI=1S/C19H21N7O2/c27-16-10-26(6-3-12-4-7-28-8-5-12)19-18(25-16)20-9-15(24-19)13-1-2-14-17(23-13)22-11-21-14/h1-2,9,11-12H,3-8,10H2,(H,20,25,27)(H,21,22,23). The predicted molar refractivity (Wildman–Crippen MR) is 104 cm³/mol. The fourth-order valence-electron chi connectivity index (χ4n) is 3.75. The molecule has 0 unspecified atom stereocenters. The average molecular weight is 379 g/mol. The van der Waals surface area contributed by atoms with E-state index in [1.807, 2.05) is 17.0 Å². The molecule has 1 amide bonds. The molecule has 28 heavy (non-hydrogen) atoms. The molecule has 0 aliphatic carbocycles. The van der Waals surface area contributed by atoms with Crippen molar-refractivity contribution in [2.45, 2.75) is 19.3 Å². The van der Waals surface area contributed by atoms with Gasteiger partial charge in [0.15, 0.2) is 17.3 Å². The van der Waals surface area contributed by atoms with E-state index in [-0.39, 0.29) is 5.91 Å². The molecule has 144 valence electrons. The molecule has 3 aromatic rings. The van der Waals surface area contributed by atoms with Crippen LogP contribution in [0.1, 0.15) is 19.3 Å². The maximum Gasteiger partial charge on any atom is 0.245 e. The van der Waals surface area contributed by atoms with Crippen molar-refractivity contribution in [1.82, 2.24) is 24.9 Å². The van der Waals surface area contributed by atoms with Crippen LogP contribution in [0, 0.1) is 5.92 Å². The highest BCUT2D eigenvalue weighted by atomic mass is 16.5. The van der Waals surface area contributed by atoms with Crippen molar-refractivity contribution in [3.8, 4) is 11.4 Å². The summed E-state index contributed by atoms with van der Waals surface area (Å²) in [5, 5.41) is 2.82. The molecule has 1 fully saturated rings. The number of fused-ring (bicyclic) bond motifs is 2. The number of nitrogens with zero attached hydrogens (tertiary/aromatic N) is 5. The van der Waals surface area contributed by atoms with E-state index < -0.39 is 0 Å². The molecule has 2 aliphatic rings. The number of aromatic amines is 1. The topological polar surface area (TPSA) is 109 Å². The summed E-state index contributed by atoms with van der Waals surface area (Å²) in [7, 11) is 0. The minimum absolute atomic E-state index is 0.0578. The number of hydrogen-bond donors (Lipinski definition) is 2. The second-order valence-electron chi connectivity index (χ2n) is 7.21. The lowest BCUT2D eigenvalue weighted by atomic mass is 9.96. The summed E-state index contributed by atoms with van der Waals surface area (Å²) in [6, 6.07) is 3.82.